The zero-order valence-electron chi connectivity index (χ0n) is 28.7. The minimum Gasteiger partial charge on any atom is -0.497 e. The summed E-state index contributed by atoms with van der Waals surface area (Å²) in [5.41, 5.74) is 4.80. The minimum atomic E-state index is -0.566. The maximum absolute atomic E-state index is 9.71. The SMILES string of the molecule is COc1ccc(COc2nccc(C(C#N)c3nc4ccccc4s3)n2)cc1.N#CC(c1ccnc(OCc2cccnc2)n1)c1nc2ccccc2s1. The molecule has 8 rings (SSSR count). The van der Waals surface area contributed by atoms with Crippen molar-refractivity contribution in [2.45, 2.75) is 25.0 Å². The Balaban J connectivity index is 0.000000167. The largest absolute Gasteiger partial charge is 0.497 e. The van der Waals surface area contributed by atoms with Crippen LogP contribution in [0.15, 0.2) is 122 Å². The zero-order valence-corrected chi connectivity index (χ0v) is 30.3. The van der Waals surface area contributed by atoms with Crippen LogP contribution in [0.25, 0.3) is 20.4 Å². The van der Waals surface area contributed by atoms with Crippen LogP contribution in [0.1, 0.15) is 44.4 Å². The van der Waals surface area contributed by atoms with Gasteiger partial charge in [-0.2, -0.15) is 20.5 Å². The van der Waals surface area contributed by atoms with Crippen LogP contribution in [0.5, 0.6) is 17.8 Å². The van der Waals surface area contributed by atoms with Crippen LogP contribution in [0.2, 0.25) is 0 Å². The smallest absolute Gasteiger partial charge is 0.316 e. The summed E-state index contributed by atoms with van der Waals surface area (Å²) < 4.78 is 18.6. The Labute approximate surface area is 318 Å². The molecule has 54 heavy (non-hydrogen) atoms. The summed E-state index contributed by atoms with van der Waals surface area (Å²) >= 11 is 3.00. The normalized spacial score (nSPS) is 11.8. The van der Waals surface area contributed by atoms with Crippen molar-refractivity contribution >= 4 is 43.1 Å². The molecule has 3 aromatic carbocycles. The van der Waals surface area contributed by atoms with Crippen LogP contribution >= 0.6 is 22.7 Å². The van der Waals surface area contributed by atoms with Crippen molar-refractivity contribution in [3.05, 3.63) is 154 Å². The van der Waals surface area contributed by atoms with Crippen LogP contribution in [0.4, 0.5) is 0 Å². The lowest BCUT2D eigenvalue weighted by Crippen LogP contribution is -2.05. The quantitative estimate of drug-likeness (QED) is 0.125. The fourth-order valence-electron chi connectivity index (χ4n) is 5.19. The van der Waals surface area contributed by atoms with Crippen LogP contribution in [-0.2, 0) is 13.2 Å². The number of aromatic nitrogens is 7. The van der Waals surface area contributed by atoms with Gasteiger partial charge in [0.05, 0.1) is 51.1 Å². The second-order valence-electron chi connectivity index (χ2n) is 11.5. The molecule has 0 radical (unpaired) electrons. The number of fused-ring (bicyclic) bond motifs is 2. The maximum Gasteiger partial charge on any atom is 0.316 e. The van der Waals surface area contributed by atoms with E-state index < -0.39 is 11.8 Å². The summed E-state index contributed by atoms with van der Waals surface area (Å²) in [6.45, 7) is 0.640. The maximum atomic E-state index is 9.71. The van der Waals surface area contributed by atoms with Gasteiger partial charge < -0.3 is 14.2 Å². The number of para-hydroxylation sites is 2. The Kier molecular flexibility index (Phi) is 11.2. The lowest BCUT2D eigenvalue weighted by atomic mass is 10.1. The lowest BCUT2D eigenvalue weighted by molar-refractivity contribution is 0.279. The van der Waals surface area contributed by atoms with Gasteiger partial charge in [0.25, 0.3) is 0 Å². The molecule has 0 bridgehead atoms. The summed E-state index contributed by atoms with van der Waals surface area (Å²) in [7, 11) is 1.63. The van der Waals surface area contributed by atoms with Crippen molar-refractivity contribution in [3.63, 3.8) is 0 Å². The molecule has 5 aromatic heterocycles. The Hall–Kier alpha value is -6.87. The molecule has 0 aliphatic carbocycles. The number of hydrogen-bond donors (Lipinski definition) is 0. The third kappa shape index (κ3) is 8.59. The van der Waals surface area contributed by atoms with Crippen molar-refractivity contribution < 1.29 is 14.2 Å². The molecule has 0 fully saturated rings. The predicted molar refractivity (Wildman–Crippen MR) is 204 cm³/mol. The molecule has 0 saturated carbocycles. The van der Waals surface area contributed by atoms with Gasteiger partial charge >= 0.3 is 12.0 Å². The number of ether oxygens (including phenoxy) is 3. The van der Waals surface area contributed by atoms with E-state index in [9.17, 15) is 10.5 Å². The van der Waals surface area contributed by atoms with Crippen molar-refractivity contribution in [1.29, 1.82) is 10.5 Å². The number of benzene rings is 3. The molecule has 2 atom stereocenters. The van der Waals surface area contributed by atoms with Gasteiger partial charge in [0.15, 0.2) is 0 Å². The highest BCUT2D eigenvalue weighted by atomic mass is 32.1. The van der Waals surface area contributed by atoms with E-state index in [4.69, 9.17) is 14.2 Å². The van der Waals surface area contributed by atoms with Gasteiger partial charge in [-0.05, 0) is 60.2 Å². The number of thiazole rings is 2. The first-order valence-corrected chi connectivity index (χ1v) is 18.2. The Morgan fingerprint density at radius 1 is 0.593 bits per heavy atom. The molecular weight excluding hydrogens is 719 g/mol. The van der Waals surface area contributed by atoms with Crippen LogP contribution in [0, 0.1) is 22.7 Å². The van der Waals surface area contributed by atoms with E-state index in [2.05, 4.69) is 47.0 Å². The van der Waals surface area contributed by atoms with Gasteiger partial charge in [0, 0.05) is 30.4 Å². The van der Waals surface area contributed by atoms with Gasteiger partial charge in [-0.1, -0.05) is 42.5 Å². The molecule has 0 aliphatic rings. The van der Waals surface area contributed by atoms with Gasteiger partial charge in [0.2, 0.25) is 0 Å². The van der Waals surface area contributed by atoms with Crippen LogP contribution in [-0.4, -0.2) is 42.0 Å². The summed E-state index contributed by atoms with van der Waals surface area (Å²) in [4.78, 5) is 30.3. The molecular formula is C40H29N9O3S2. The van der Waals surface area contributed by atoms with Gasteiger partial charge in [0.1, 0.15) is 40.8 Å². The highest BCUT2D eigenvalue weighted by Crippen LogP contribution is 2.32. The molecule has 0 saturated heterocycles. The Bertz CT molecular complexity index is 2500. The first kappa shape index (κ1) is 35.5. The molecule has 264 valence electrons. The number of nitriles is 2. The summed E-state index contributed by atoms with van der Waals surface area (Å²) in [6.07, 6.45) is 6.63. The monoisotopic (exact) mass is 747 g/mol. The molecule has 0 spiro atoms. The van der Waals surface area contributed by atoms with E-state index in [0.717, 1.165) is 37.3 Å². The Morgan fingerprint density at radius 2 is 1.13 bits per heavy atom. The molecule has 12 nitrogen and oxygen atoms in total. The summed E-state index contributed by atoms with van der Waals surface area (Å²) in [5.74, 6) is -0.338. The fourth-order valence-corrected chi connectivity index (χ4v) is 7.24. The number of methoxy groups -OCH3 is 1. The highest BCUT2D eigenvalue weighted by Gasteiger charge is 2.22. The van der Waals surface area contributed by atoms with Gasteiger partial charge in [-0.25, -0.2) is 19.9 Å². The molecule has 2 unspecified atom stereocenters. The zero-order chi connectivity index (χ0) is 37.1. The lowest BCUT2D eigenvalue weighted by Gasteiger charge is -2.08. The van der Waals surface area contributed by atoms with Crippen molar-refractivity contribution in [2.24, 2.45) is 0 Å². The number of hydrogen-bond acceptors (Lipinski definition) is 14. The van der Waals surface area contributed by atoms with Gasteiger partial charge in [-0.15, -0.1) is 22.7 Å². The second-order valence-corrected chi connectivity index (χ2v) is 13.6. The molecule has 0 amide bonds. The first-order valence-electron chi connectivity index (χ1n) is 16.5. The van der Waals surface area contributed by atoms with Crippen molar-refractivity contribution in [1.82, 2.24) is 34.9 Å². The van der Waals surface area contributed by atoms with Crippen LogP contribution < -0.4 is 14.2 Å². The average Bonchev–Trinajstić information content (AvgIpc) is 3.86. The molecule has 14 heteroatoms. The third-order valence-corrected chi connectivity index (χ3v) is 10.1. The average molecular weight is 748 g/mol. The van der Waals surface area contributed by atoms with Gasteiger partial charge in [-0.3, -0.25) is 4.98 Å². The van der Waals surface area contributed by atoms with Crippen molar-refractivity contribution in [2.75, 3.05) is 7.11 Å². The fraction of sp³-hybridized carbons (Fsp3) is 0.125. The summed E-state index contributed by atoms with van der Waals surface area (Å²) in [6, 6.07) is 35.5. The van der Waals surface area contributed by atoms with E-state index in [1.807, 2.05) is 84.9 Å². The van der Waals surface area contributed by atoms with E-state index in [-0.39, 0.29) is 12.0 Å². The predicted octanol–water partition coefficient (Wildman–Crippen LogP) is 8.05. The number of pyridine rings is 1. The van der Waals surface area contributed by atoms with Crippen molar-refractivity contribution in [3.8, 4) is 29.9 Å². The highest BCUT2D eigenvalue weighted by molar-refractivity contribution is 7.19. The molecule has 8 aromatic rings. The Morgan fingerprint density at radius 3 is 1.61 bits per heavy atom. The first-order chi connectivity index (χ1) is 26.6. The van der Waals surface area contributed by atoms with E-state index in [1.54, 1.807) is 44.0 Å². The second kappa shape index (κ2) is 17.1. The number of rotatable bonds is 11. The topological polar surface area (TPSA) is 166 Å². The minimum absolute atomic E-state index is 0.229. The van der Waals surface area contributed by atoms with E-state index in [1.165, 1.54) is 22.7 Å². The molecule has 0 aliphatic heterocycles. The molecule has 0 N–H and O–H groups in total. The van der Waals surface area contributed by atoms with Crippen LogP contribution in [0.3, 0.4) is 0 Å². The number of nitrogens with zero attached hydrogens (tertiary/aromatic N) is 9. The summed E-state index contributed by atoms with van der Waals surface area (Å²) in [5, 5.41) is 20.8. The molecule has 5 heterocycles. The third-order valence-electron chi connectivity index (χ3n) is 7.89. The van der Waals surface area contributed by atoms with E-state index >= 15 is 0 Å². The van der Waals surface area contributed by atoms with E-state index in [0.29, 0.717) is 34.6 Å². The standard InChI is InChI=1S/C21H16N4O2S.C19H13N5OS/c1-26-15-8-6-14(7-9-15)13-27-21-23-11-10-17(25-21)16(12-22)20-24-18-4-2-3-5-19(18)28-20;20-10-14(18-23-16-5-1-2-6-17(16)26-18)15-7-9-22-19(24-15)25-12-13-4-3-8-21-11-13/h2-11,16H,13H2,1H3;1-9,11,14H,12H2.